The van der Waals surface area contributed by atoms with Gasteiger partial charge in [-0.25, -0.2) is 8.42 Å². The highest BCUT2D eigenvalue weighted by Crippen LogP contribution is 2.28. The Balaban J connectivity index is 2.49. The molecule has 108 valence electrons. The fourth-order valence-electron chi connectivity index (χ4n) is 2.03. The van der Waals surface area contributed by atoms with Crippen LogP contribution in [0.4, 0.5) is 5.69 Å². The van der Waals surface area contributed by atoms with E-state index in [1.165, 1.54) is 0 Å². The Hall–Kier alpha value is -1.86. The number of aliphatic hydroxyl groups excluding tert-OH is 1. The second kappa shape index (κ2) is 5.26. The minimum absolute atomic E-state index is 0.0132. The monoisotopic (exact) mass is 296 g/mol. The molecule has 20 heavy (non-hydrogen) atoms. The van der Waals surface area contributed by atoms with Gasteiger partial charge in [0.25, 0.3) is 10.0 Å². The number of aryl methyl sites for hydroxylation is 3. The maximum absolute atomic E-state index is 12.5. The van der Waals surface area contributed by atoms with Crippen LogP contribution in [0.2, 0.25) is 0 Å². The van der Waals surface area contributed by atoms with Crippen LogP contribution in [0.1, 0.15) is 22.8 Å². The van der Waals surface area contributed by atoms with Crippen LogP contribution >= 0.6 is 0 Å². The molecule has 0 radical (unpaired) electrons. The molecule has 0 aliphatic carbocycles. The van der Waals surface area contributed by atoms with Gasteiger partial charge in [0.05, 0.1) is 18.0 Å². The molecular weight excluding hydrogens is 280 g/mol. The maximum Gasteiger partial charge on any atom is 0.265 e. The van der Waals surface area contributed by atoms with Gasteiger partial charge in [0, 0.05) is 11.8 Å². The third-order valence-corrected chi connectivity index (χ3v) is 4.56. The number of aliphatic hydroxyl groups is 1. The number of hydrogen-bond donors (Lipinski definition) is 2. The SMILES string of the molecule is Cc1ncccc1NS(=O)(=O)c1c(C)oc(C)c1CO. The molecular formula is C13H16N2O4S. The third-order valence-electron chi connectivity index (χ3n) is 3.00. The summed E-state index contributed by atoms with van der Waals surface area (Å²) in [5, 5.41) is 9.33. The highest BCUT2D eigenvalue weighted by atomic mass is 32.2. The van der Waals surface area contributed by atoms with Crippen LogP contribution in [-0.4, -0.2) is 18.5 Å². The van der Waals surface area contributed by atoms with Crippen molar-refractivity contribution in [3.8, 4) is 0 Å². The van der Waals surface area contributed by atoms with Crippen molar-refractivity contribution in [2.45, 2.75) is 32.3 Å². The first-order chi connectivity index (χ1) is 9.36. The molecule has 0 fully saturated rings. The fraction of sp³-hybridized carbons (Fsp3) is 0.308. The molecule has 2 rings (SSSR count). The number of anilines is 1. The van der Waals surface area contributed by atoms with E-state index in [9.17, 15) is 13.5 Å². The van der Waals surface area contributed by atoms with E-state index in [-0.39, 0.29) is 16.2 Å². The Morgan fingerprint density at radius 1 is 1.30 bits per heavy atom. The van der Waals surface area contributed by atoms with Crippen molar-refractivity contribution >= 4 is 15.7 Å². The Kier molecular flexibility index (Phi) is 3.82. The number of furan rings is 1. The summed E-state index contributed by atoms with van der Waals surface area (Å²) in [7, 11) is -3.83. The molecule has 0 saturated heterocycles. The summed E-state index contributed by atoms with van der Waals surface area (Å²) in [4.78, 5) is 4.01. The van der Waals surface area contributed by atoms with E-state index in [1.807, 2.05) is 0 Å². The molecule has 0 aromatic carbocycles. The molecule has 2 aromatic rings. The largest absolute Gasteiger partial charge is 0.465 e. The summed E-state index contributed by atoms with van der Waals surface area (Å²) in [6.45, 7) is 4.48. The molecule has 7 heteroatoms. The van der Waals surface area contributed by atoms with E-state index in [0.717, 1.165) is 0 Å². The number of aromatic nitrogens is 1. The number of hydrogen-bond acceptors (Lipinski definition) is 5. The zero-order chi connectivity index (χ0) is 14.9. The zero-order valence-corrected chi connectivity index (χ0v) is 12.3. The lowest BCUT2D eigenvalue weighted by Gasteiger charge is -2.10. The van der Waals surface area contributed by atoms with Gasteiger partial charge in [-0.3, -0.25) is 9.71 Å². The molecule has 0 unspecified atom stereocenters. The van der Waals surface area contributed by atoms with E-state index >= 15 is 0 Å². The van der Waals surface area contributed by atoms with Gasteiger partial charge in [0.2, 0.25) is 0 Å². The Bertz CT molecular complexity index is 735. The molecule has 2 aromatic heterocycles. The maximum atomic E-state index is 12.5. The number of rotatable bonds is 4. The first kappa shape index (κ1) is 14.5. The standard InChI is InChI=1S/C13H16N2O4S/c1-8-12(5-4-6-14-8)15-20(17,18)13-10(3)19-9(2)11(13)7-16/h4-6,15-16H,7H2,1-3H3. The van der Waals surface area contributed by atoms with E-state index in [0.29, 0.717) is 17.1 Å². The Morgan fingerprint density at radius 3 is 2.60 bits per heavy atom. The van der Waals surface area contributed by atoms with Gasteiger partial charge in [-0.1, -0.05) is 0 Å². The molecule has 2 N–H and O–H groups in total. The molecule has 6 nitrogen and oxygen atoms in total. The summed E-state index contributed by atoms with van der Waals surface area (Å²) < 4.78 is 32.7. The molecule has 0 spiro atoms. The van der Waals surface area contributed by atoms with Gasteiger partial charge < -0.3 is 9.52 Å². The second-order valence-electron chi connectivity index (χ2n) is 4.42. The summed E-state index contributed by atoms with van der Waals surface area (Å²) in [6, 6.07) is 3.27. The third kappa shape index (κ3) is 2.54. The van der Waals surface area contributed by atoms with E-state index in [2.05, 4.69) is 9.71 Å². The van der Waals surface area contributed by atoms with Gasteiger partial charge in [0.15, 0.2) is 0 Å². The quantitative estimate of drug-likeness (QED) is 0.899. The van der Waals surface area contributed by atoms with Crippen molar-refractivity contribution in [2.24, 2.45) is 0 Å². The molecule has 0 aliphatic rings. The van der Waals surface area contributed by atoms with Crippen LogP contribution in [0, 0.1) is 20.8 Å². The molecule has 2 heterocycles. The topological polar surface area (TPSA) is 92.4 Å². The van der Waals surface area contributed by atoms with Crippen molar-refractivity contribution in [1.29, 1.82) is 0 Å². The number of sulfonamides is 1. The van der Waals surface area contributed by atoms with Crippen LogP contribution in [0.25, 0.3) is 0 Å². The van der Waals surface area contributed by atoms with Crippen LogP contribution in [-0.2, 0) is 16.6 Å². The lowest BCUT2D eigenvalue weighted by Crippen LogP contribution is -2.16. The minimum Gasteiger partial charge on any atom is -0.465 e. The van der Waals surface area contributed by atoms with Gasteiger partial charge in [-0.05, 0) is 32.9 Å². The normalized spacial score (nSPS) is 11.6. The van der Waals surface area contributed by atoms with Crippen LogP contribution < -0.4 is 4.72 Å². The fourth-order valence-corrected chi connectivity index (χ4v) is 3.59. The summed E-state index contributed by atoms with van der Waals surface area (Å²) in [6.07, 6.45) is 1.58. The van der Waals surface area contributed by atoms with E-state index in [4.69, 9.17) is 4.42 Å². The zero-order valence-electron chi connectivity index (χ0n) is 11.5. The van der Waals surface area contributed by atoms with Crippen LogP contribution in [0.3, 0.4) is 0 Å². The number of pyridine rings is 1. The highest BCUT2D eigenvalue weighted by Gasteiger charge is 2.27. The molecule has 0 aliphatic heterocycles. The van der Waals surface area contributed by atoms with Gasteiger partial charge >= 0.3 is 0 Å². The average molecular weight is 296 g/mol. The predicted molar refractivity (Wildman–Crippen MR) is 73.9 cm³/mol. The molecule has 0 bridgehead atoms. The number of nitrogens with zero attached hydrogens (tertiary/aromatic N) is 1. The summed E-state index contributed by atoms with van der Waals surface area (Å²) >= 11 is 0. The van der Waals surface area contributed by atoms with Crippen LogP contribution in [0.5, 0.6) is 0 Å². The number of nitrogens with one attached hydrogen (secondary N) is 1. The van der Waals surface area contributed by atoms with Gasteiger partial charge in [0.1, 0.15) is 16.4 Å². The first-order valence-corrected chi connectivity index (χ1v) is 7.49. The smallest absolute Gasteiger partial charge is 0.265 e. The van der Waals surface area contributed by atoms with E-state index < -0.39 is 16.6 Å². The minimum atomic E-state index is -3.83. The Labute approximate surface area is 117 Å². The second-order valence-corrected chi connectivity index (χ2v) is 6.04. The predicted octanol–water partition coefficient (Wildman–Crippen LogP) is 1.89. The lowest BCUT2D eigenvalue weighted by molar-refractivity contribution is 0.276. The van der Waals surface area contributed by atoms with Crippen LogP contribution in [0.15, 0.2) is 27.6 Å². The van der Waals surface area contributed by atoms with Gasteiger partial charge in [-0.2, -0.15) is 0 Å². The highest BCUT2D eigenvalue weighted by molar-refractivity contribution is 7.92. The lowest BCUT2D eigenvalue weighted by atomic mass is 10.2. The van der Waals surface area contributed by atoms with Crippen molar-refractivity contribution in [2.75, 3.05) is 4.72 Å². The molecule has 0 atom stereocenters. The molecule has 0 amide bonds. The Morgan fingerprint density at radius 2 is 2.00 bits per heavy atom. The average Bonchev–Trinajstić information content (AvgIpc) is 2.67. The first-order valence-electron chi connectivity index (χ1n) is 6.01. The van der Waals surface area contributed by atoms with Gasteiger partial charge in [-0.15, -0.1) is 0 Å². The van der Waals surface area contributed by atoms with Crippen molar-refractivity contribution < 1.29 is 17.9 Å². The van der Waals surface area contributed by atoms with Crippen molar-refractivity contribution in [3.05, 3.63) is 41.1 Å². The van der Waals surface area contributed by atoms with E-state index in [1.54, 1.807) is 39.1 Å². The molecule has 0 saturated carbocycles. The summed E-state index contributed by atoms with van der Waals surface area (Å²) in [5.41, 5.74) is 1.24. The van der Waals surface area contributed by atoms with Crippen molar-refractivity contribution in [1.82, 2.24) is 4.98 Å². The summed E-state index contributed by atoms with van der Waals surface area (Å²) in [5.74, 6) is 0.647. The van der Waals surface area contributed by atoms with Crippen molar-refractivity contribution in [3.63, 3.8) is 0 Å².